The molecule has 0 radical (unpaired) electrons. The molecule has 1 aliphatic rings. The van der Waals surface area contributed by atoms with Gasteiger partial charge < -0.3 is 15.4 Å². The predicted molar refractivity (Wildman–Crippen MR) is 66.9 cm³/mol. The van der Waals surface area contributed by atoms with Gasteiger partial charge in [-0.15, -0.1) is 0 Å². The van der Waals surface area contributed by atoms with Gasteiger partial charge in [0.25, 0.3) is 5.91 Å². The summed E-state index contributed by atoms with van der Waals surface area (Å²) >= 11 is 0. The number of nitrogens with zero attached hydrogens (tertiary/aromatic N) is 3. The number of likely N-dealkylation sites (tertiary alicyclic amines) is 1. The van der Waals surface area contributed by atoms with E-state index in [1.54, 1.807) is 12.0 Å². The first-order valence-corrected chi connectivity index (χ1v) is 6.01. The number of aromatic nitrogens is 2. The topological polar surface area (TPSA) is 81.3 Å². The van der Waals surface area contributed by atoms with Crippen LogP contribution in [-0.4, -0.2) is 47.1 Å². The first-order valence-electron chi connectivity index (χ1n) is 6.01. The Balaban J connectivity index is 2.07. The molecule has 2 heterocycles. The molecule has 18 heavy (non-hydrogen) atoms. The highest BCUT2D eigenvalue weighted by Crippen LogP contribution is 2.20. The summed E-state index contributed by atoms with van der Waals surface area (Å²) < 4.78 is 5.39. The lowest BCUT2D eigenvalue weighted by atomic mass is 9.95. The van der Waals surface area contributed by atoms with Crippen LogP contribution in [0.1, 0.15) is 23.8 Å². The standard InChI is InChI=1S/C12H18N4O2/c1-8-3-4-16(7-10(8)18-2)12(17)9-5-15-11(13)6-14-9/h5-6,8,10H,3-4,7H2,1-2H3,(H2,13,15). The van der Waals surface area contributed by atoms with Crippen LogP contribution in [0.25, 0.3) is 0 Å². The molecule has 1 aromatic rings. The van der Waals surface area contributed by atoms with Crippen LogP contribution in [0.3, 0.4) is 0 Å². The van der Waals surface area contributed by atoms with Crippen LogP contribution in [0.4, 0.5) is 5.82 Å². The molecule has 1 fully saturated rings. The highest BCUT2D eigenvalue weighted by atomic mass is 16.5. The van der Waals surface area contributed by atoms with E-state index in [-0.39, 0.29) is 12.0 Å². The van der Waals surface area contributed by atoms with Crippen molar-refractivity contribution in [3.8, 4) is 0 Å². The summed E-state index contributed by atoms with van der Waals surface area (Å²) in [6, 6.07) is 0. The Bertz CT molecular complexity index is 421. The molecule has 1 amide bonds. The molecule has 2 unspecified atom stereocenters. The zero-order valence-corrected chi connectivity index (χ0v) is 10.7. The molecule has 0 aliphatic carbocycles. The van der Waals surface area contributed by atoms with E-state index in [2.05, 4.69) is 16.9 Å². The molecule has 6 nitrogen and oxygen atoms in total. The Morgan fingerprint density at radius 1 is 1.50 bits per heavy atom. The molecule has 2 rings (SSSR count). The maximum atomic E-state index is 12.2. The molecule has 0 saturated carbocycles. The minimum atomic E-state index is -0.114. The molecule has 2 atom stereocenters. The van der Waals surface area contributed by atoms with Crippen molar-refractivity contribution in [2.24, 2.45) is 5.92 Å². The Hall–Kier alpha value is -1.69. The fourth-order valence-electron chi connectivity index (χ4n) is 2.14. The Morgan fingerprint density at radius 3 is 2.89 bits per heavy atom. The monoisotopic (exact) mass is 250 g/mol. The minimum Gasteiger partial charge on any atom is -0.382 e. The second-order valence-electron chi connectivity index (χ2n) is 4.62. The summed E-state index contributed by atoms with van der Waals surface area (Å²) in [7, 11) is 1.68. The molecule has 98 valence electrons. The van der Waals surface area contributed by atoms with Crippen molar-refractivity contribution in [3.05, 3.63) is 18.1 Å². The van der Waals surface area contributed by atoms with Crippen LogP contribution in [0.5, 0.6) is 0 Å². The largest absolute Gasteiger partial charge is 0.382 e. The van der Waals surface area contributed by atoms with Crippen molar-refractivity contribution < 1.29 is 9.53 Å². The normalized spacial score (nSPS) is 24.0. The van der Waals surface area contributed by atoms with Crippen molar-refractivity contribution >= 4 is 11.7 Å². The van der Waals surface area contributed by atoms with Gasteiger partial charge in [-0.2, -0.15) is 0 Å². The third kappa shape index (κ3) is 2.59. The fourth-order valence-corrected chi connectivity index (χ4v) is 2.14. The van der Waals surface area contributed by atoms with E-state index in [0.717, 1.165) is 13.0 Å². The van der Waals surface area contributed by atoms with Gasteiger partial charge in [0.1, 0.15) is 11.5 Å². The number of carbonyl (C=O) groups is 1. The lowest BCUT2D eigenvalue weighted by Gasteiger charge is -2.35. The van der Waals surface area contributed by atoms with Gasteiger partial charge in [-0.05, 0) is 12.3 Å². The highest BCUT2D eigenvalue weighted by Gasteiger charge is 2.29. The van der Waals surface area contributed by atoms with E-state index in [1.807, 2.05) is 0 Å². The van der Waals surface area contributed by atoms with E-state index < -0.39 is 0 Å². The zero-order valence-electron chi connectivity index (χ0n) is 10.7. The summed E-state index contributed by atoms with van der Waals surface area (Å²) in [4.78, 5) is 21.9. The third-order valence-corrected chi connectivity index (χ3v) is 3.37. The molecule has 0 spiro atoms. The quantitative estimate of drug-likeness (QED) is 0.829. The van der Waals surface area contributed by atoms with E-state index in [0.29, 0.717) is 24.0 Å². The number of anilines is 1. The van der Waals surface area contributed by atoms with Gasteiger partial charge in [0.05, 0.1) is 18.5 Å². The molecule has 1 aliphatic heterocycles. The Kier molecular flexibility index (Phi) is 3.76. The van der Waals surface area contributed by atoms with Gasteiger partial charge in [0, 0.05) is 20.2 Å². The van der Waals surface area contributed by atoms with Crippen molar-refractivity contribution in [1.82, 2.24) is 14.9 Å². The number of carbonyl (C=O) groups excluding carboxylic acids is 1. The second-order valence-corrected chi connectivity index (χ2v) is 4.62. The van der Waals surface area contributed by atoms with E-state index in [1.165, 1.54) is 12.4 Å². The van der Waals surface area contributed by atoms with Gasteiger partial charge in [-0.1, -0.05) is 6.92 Å². The second kappa shape index (κ2) is 5.30. The van der Waals surface area contributed by atoms with Gasteiger partial charge in [0.2, 0.25) is 0 Å². The summed E-state index contributed by atoms with van der Waals surface area (Å²) in [5.74, 6) is 0.668. The van der Waals surface area contributed by atoms with Crippen molar-refractivity contribution in [1.29, 1.82) is 0 Å². The summed E-state index contributed by atoms with van der Waals surface area (Å²) in [5.41, 5.74) is 5.78. The van der Waals surface area contributed by atoms with E-state index in [9.17, 15) is 4.79 Å². The number of rotatable bonds is 2. The molecular weight excluding hydrogens is 232 g/mol. The van der Waals surface area contributed by atoms with Gasteiger partial charge in [-0.25, -0.2) is 9.97 Å². The summed E-state index contributed by atoms with van der Waals surface area (Å²) in [6.07, 6.45) is 3.84. The van der Waals surface area contributed by atoms with Crippen molar-refractivity contribution in [2.45, 2.75) is 19.4 Å². The van der Waals surface area contributed by atoms with Gasteiger partial charge in [0.15, 0.2) is 0 Å². The first kappa shape index (κ1) is 12.8. The smallest absolute Gasteiger partial charge is 0.274 e. The number of amides is 1. The lowest BCUT2D eigenvalue weighted by molar-refractivity contribution is -0.00178. The first-order chi connectivity index (χ1) is 8.61. The lowest BCUT2D eigenvalue weighted by Crippen LogP contribution is -2.46. The molecule has 0 bridgehead atoms. The average Bonchev–Trinajstić information content (AvgIpc) is 2.39. The summed E-state index contributed by atoms with van der Waals surface area (Å²) in [6.45, 7) is 3.47. The van der Waals surface area contributed by atoms with Gasteiger partial charge >= 0.3 is 0 Å². The number of methoxy groups -OCH3 is 1. The molecular formula is C12H18N4O2. The van der Waals surface area contributed by atoms with Crippen LogP contribution in [0.15, 0.2) is 12.4 Å². The van der Waals surface area contributed by atoms with Crippen LogP contribution >= 0.6 is 0 Å². The highest BCUT2D eigenvalue weighted by molar-refractivity contribution is 5.92. The number of piperidine rings is 1. The Morgan fingerprint density at radius 2 is 2.28 bits per heavy atom. The average molecular weight is 250 g/mol. The SMILES string of the molecule is COC1CN(C(=O)c2cnc(N)cn2)CCC1C. The summed E-state index contributed by atoms with van der Waals surface area (Å²) in [5, 5.41) is 0. The number of ether oxygens (including phenoxy) is 1. The molecule has 2 N–H and O–H groups in total. The minimum absolute atomic E-state index is 0.0874. The van der Waals surface area contributed by atoms with Crippen LogP contribution in [0, 0.1) is 5.92 Å². The number of nitrogens with two attached hydrogens (primary N) is 1. The number of hydrogen-bond acceptors (Lipinski definition) is 5. The van der Waals surface area contributed by atoms with Crippen molar-refractivity contribution in [2.75, 3.05) is 25.9 Å². The number of nitrogen functional groups attached to an aromatic ring is 1. The maximum absolute atomic E-state index is 12.2. The van der Waals surface area contributed by atoms with Crippen LogP contribution < -0.4 is 5.73 Å². The van der Waals surface area contributed by atoms with E-state index >= 15 is 0 Å². The number of hydrogen-bond donors (Lipinski definition) is 1. The Labute approximate surface area is 106 Å². The zero-order chi connectivity index (χ0) is 13.1. The predicted octanol–water partition coefficient (Wildman–Crippen LogP) is 0.556. The van der Waals surface area contributed by atoms with E-state index in [4.69, 9.17) is 10.5 Å². The molecule has 1 aromatic heterocycles. The fraction of sp³-hybridized carbons (Fsp3) is 0.583. The van der Waals surface area contributed by atoms with Crippen LogP contribution in [0.2, 0.25) is 0 Å². The van der Waals surface area contributed by atoms with Gasteiger partial charge in [-0.3, -0.25) is 4.79 Å². The van der Waals surface area contributed by atoms with Crippen molar-refractivity contribution in [3.63, 3.8) is 0 Å². The van der Waals surface area contributed by atoms with Crippen LogP contribution in [-0.2, 0) is 4.74 Å². The molecule has 0 aromatic carbocycles. The molecule has 1 saturated heterocycles. The molecule has 6 heteroatoms. The maximum Gasteiger partial charge on any atom is 0.274 e. The third-order valence-electron chi connectivity index (χ3n) is 3.37.